The minimum Gasteiger partial charge on any atom is -0.358 e. The molecule has 1 rings (SSSR count). The summed E-state index contributed by atoms with van der Waals surface area (Å²) in [6, 6.07) is -0.562. The summed E-state index contributed by atoms with van der Waals surface area (Å²) >= 11 is 0. The number of amides is 1. The third kappa shape index (κ3) is 2.58. The predicted octanol–water partition coefficient (Wildman–Crippen LogP) is 0.525. The molecule has 8 heteroatoms. The number of imidazole rings is 1. The highest BCUT2D eigenvalue weighted by Crippen LogP contribution is 2.24. The lowest BCUT2D eigenvalue weighted by atomic mass is 10.3. The second-order valence-corrected chi connectivity index (χ2v) is 4.25. The fourth-order valence-corrected chi connectivity index (χ4v) is 1.54. The number of hydrogen-bond acceptors (Lipinski definition) is 5. The lowest BCUT2D eigenvalue weighted by Crippen LogP contribution is -2.37. The maximum atomic E-state index is 11.7. The number of nitrogens with one attached hydrogen (secondary N) is 1. The van der Waals surface area contributed by atoms with Crippen LogP contribution in [-0.2, 0) is 11.8 Å². The molecule has 100 valence electrons. The zero-order valence-electron chi connectivity index (χ0n) is 11.1. The Labute approximate surface area is 105 Å². The van der Waals surface area contributed by atoms with Gasteiger partial charge in [0.1, 0.15) is 6.04 Å². The molecule has 1 heterocycles. The Morgan fingerprint density at radius 3 is 2.56 bits per heavy atom. The summed E-state index contributed by atoms with van der Waals surface area (Å²) in [6.45, 7) is 3.31. The van der Waals surface area contributed by atoms with E-state index in [9.17, 15) is 14.9 Å². The number of hydrogen-bond donors (Lipinski definition) is 1. The second kappa shape index (κ2) is 5.03. The first kappa shape index (κ1) is 13.9. The topological polar surface area (TPSA) is 93.3 Å². The van der Waals surface area contributed by atoms with E-state index in [0.717, 1.165) is 0 Å². The first-order valence-corrected chi connectivity index (χ1v) is 5.41. The Morgan fingerprint density at radius 2 is 2.11 bits per heavy atom. The molecule has 0 aliphatic carbocycles. The summed E-state index contributed by atoms with van der Waals surface area (Å²) in [6.07, 6.45) is 0. The molecule has 0 aromatic carbocycles. The smallest absolute Gasteiger partial charge is 0.358 e. The van der Waals surface area contributed by atoms with Crippen LogP contribution in [0.5, 0.6) is 0 Å². The largest absolute Gasteiger partial charge is 0.406 e. The van der Waals surface area contributed by atoms with Gasteiger partial charge in [0.25, 0.3) is 0 Å². The zero-order chi connectivity index (χ0) is 14.0. The van der Waals surface area contributed by atoms with E-state index in [1.54, 1.807) is 39.6 Å². The van der Waals surface area contributed by atoms with Crippen LogP contribution in [-0.4, -0.2) is 45.4 Å². The number of carbonyl (C=O) groups excluding carboxylic acids is 1. The van der Waals surface area contributed by atoms with Crippen LogP contribution in [0.15, 0.2) is 0 Å². The van der Waals surface area contributed by atoms with E-state index >= 15 is 0 Å². The van der Waals surface area contributed by atoms with Gasteiger partial charge in [-0.15, -0.1) is 0 Å². The summed E-state index contributed by atoms with van der Waals surface area (Å²) in [7, 11) is 4.91. The molecule has 1 amide bonds. The number of nitro groups is 1. The van der Waals surface area contributed by atoms with Gasteiger partial charge in [0.05, 0.1) is 0 Å². The third-order valence-electron chi connectivity index (χ3n) is 2.64. The quantitative estimate of drug-likeness (QED) is 0.625. The van der Waals surface area contributed by atoms with Gasteiger partial charge in [-0.25, -0.2) is 0 Å². The number of aryl methyl sites for hydroxylation is 1. The van der Waals surface area contributed by atoms with Crippen molar-refractivity contribution < 1.29 is 9.72 Å². The third-order valence-corrected chi connectivity index (χ3v) is 2.64. The van der Waals surface area contributed by atoms with Crippen LogP contribution >= 0.6 is 0 Å². The highest BCUT2D eigenvalue weighted by atomic mass is 16.6. The summed E-state index contributed by atoms with van der Waals surface area (Å²) in [5, 5.41) is 13.7. The van der Waals surface area contributed by atoms with Crippen molar-refractivity contribution in [3.63, 3.8) is 0 Å². The van der Waals surface area contributed by atoms with Gasteiger partial charge in [0.15, 0.2) is 0 Å². The zero-order valence-corrected chi connectivity index (χ0v) is 11.1. The van der Waals surface area contributed by atoms with Gasteiger partial charge in [-0.2, -0.15) is 0 Å². The number of nitrogens with zero attached hydrogens (tertiary/aromatic N) is 4. The molecule has 1 N–H and O–H groups in total. The van der Waals surface area contributed by atoms with Crippen molar-refractivity contribution in [3.8, 4) is 0 Å². The monoisotopic (exact) mass is 255 g/mol. The van der Waals surface area contributed by atoms with E-state index in [1.165, 1.54) is 4.90 Å². The van der Waals surface area contributed by atoms with Crippen molar-refractivity contribution >= 4 is 17.5 Å². The van der Waals surface area contributed by atoms with Gasteiger partial charge in [0.2, 0.25) is 17.5 Å². The Kier molecular flexibility index (Phi) is 3.89. The van der Waals surface area contributed by atoms with E-state index < -0.39 is 11.0 Å². The SMILES string of the molecule is Cc1nc([N+](=O)[O-])c(NC(C)C(=O)N(C)C)n1C. The summed E-state index contributed by atoms with van der Waals surface area (Å²) in [5.41, 5.74) is 0. The lowest BCUT2D eigenvalue weighted by Gasteiger charge is -2.18. The van der Waals surface area contributed by atoms with Crippen LogP contribution in [0.4, 0.5) is 11.6 Å². The fraction of sp³-hybridized carbons (Fsp3) is 0.600. The van der Waals surface area contributed by atoms with Crippen molar-refractivity contribution in [2.75, 3.05) is 19.4 Å². The number of carbonyl (C=O) groups is 1. The molecule has 1 aromatic heterocycles. The molecule has 1 atom stereocenters. The van der Waals surface area contributed by atoms with E-state index in [4.69, 9.17) is 0 Å². The molecule has 1 aromatic rings. The van der Waals surface area contributed by atoms with Crippen LogP contribution in [0.2, 0.25) is 0 Å². The Hall–Kier alpha value is -2.12. The minimum atomic E-state index is -0.567. The van der Waals surface area contributed by atoms with E-state index in [-0.39, 0.29) is 17.5 Å². The molecule has 0 saturated carbocycles. The summed E-state index contributed by atoms with van der Waals surface area (Å²) in [4.78, 5) is 27.3. The van der Waals surface area contributed by atoms with E-state index in [2.05, 4.69) is 10.3 Å². The molecule has 0 saturated heterocycles. The number of likely N-dealkylation sites (N-methyl/N-ethyl adjacent to an activating group) is 1. The second-order valence-electron chi connectivity index (χ2n) is 4.25. The molecule has 1 unspecified atom stereocenters. The van der Waals surface area contributed by atoms with Gasteiger partial charge >= 0.3 is 5.82 Å². The van der Waals surface area contributed by atoms with Crippen LogP contribution in [0, 0.1) is 17.0 Å². The van der Waals surface area contributed by atoms with Crippen molar-refractivity contribution in [2.45, 2.75) is 19.9 Å². The minimum absolute atomic E-state index is 0.164. The van der Waals surface area contributed by atoms with Crippen molar-refractivity contribution in [1.29, 1.82) is 0 Å². The standard InChI is InChI=1S/C10H17N5O3/c1-6(10(16)13(3)4)11-8-9(15(17)18)12-7(2)14(8)5/h6,11H,1-5H3. The van der Waals surface area contributed by atoms with Gasteiger partial charge in [-0.3, -0.25) is 9.36 Å². The number of aromatic nitrogens is 2. The summed E-state index contributed by atoms with van der Waals surface area (Å²) < 4.78 is 1.55. The van der Waals surface area contributed by atoms with Crippen LogP contribution < -0.4 is 5.32 Å². The Morgan fingerprint density at radius 1 is 1.56 bits per heavy atom. The normalized spacial score (nSPS) is 12.1. The molecule has 0 bridgehead atoms. The molecular weight excluding hydrogens is 238 g/mol. The fourth-order valence-electron chi connectivity index (χ4n) is 1.54. The molecule has 18 heavy (non-hydrogen) atoms. The molecular formula is C10H17N5O3. The Bertz CT molecular complexity index is 480. The molecule has 0 fully saturated rings. The van der Waals surface area contributed by atoms with Gasteiger partial charge < -0.3 is 20.3 Å². The molecule has 0 aliphatic heterocycles. The van der Waals surface area contributed by atoms with Crippen LogP contribution in [0.1, 0.15) is 12.7 Å². The lowest BCUT2D eigenvalue weighted by molar-refractivity contribution is -0.388. The Balaban J connectivity index is 3.04. The van der Waals surface area contributed by atoms with E-state index in [1.807, 2.05) is 0 Å². The average Bonchev–Trinajstić information content (AvgIpc) is 2.56. The molecule has 0 spiro atoms. The average molecular weight is 255 g/mol. The highest BCUT2D eigenvalue weighted by Gasteiger charge is 2.26. The van der Waals surface area contributed by atoms with Crippen LogP contribution in [0.3, 0.4) is 0 Å². The maximum Gasteiger partial charge on any atom is 0.406 e. The molecule has 0 radical (unpaired) electrons. The highest BCUT2D eigenvalue weighted by molar-refractivity contribution is 5.84. The predicted molar refractivity (Wildman–Crippen MR) is 66.4 cm³/mol. The van der Waals surface area contributed by atoms with Gasteiger partial charge in [0, 0.05) is 28.1 Å². The molecule has 8 nitrogen and oxygen atoms in total. The van der Waals surface area contributed by atoms with Crippen LogP contribution in [0.25, 0.3) is 0 Å². The number of rotatable bonds is 4. The number of anilines is 1. The van der Waals surface area contributed by atoms with Crippen molar-refractivity contribution in [2.24, 2.45) is 7.05 Å². The first-order valence-electron chi connectivity index (χ1n) is 5.41. The van der Waals surface area contributed by atoms with Crippen molar-refractivity contribution in [3.05, 3.63) is 15.9 Å². The van der Waals surface area contributed by atoms with Gasteiger partial charge in [-0.1, -0.05) is 0 Å². The molecule has 0 aliphatic rings. The van der Waals surface area contributed by atoms with Crippen molar-refractivity contribution in [1.82, 2.24) is 14.5 Å². The maximum absolute atomic E-state index is 11.7. The summed E-state index contributed by atoms with van der Waals surface area (Å²) in [5.74, 6) is 0.311. The van der Waals surface area contributed by atoms with E-state index in [0.29, 0.717) is 5.82 Å². The van der Waals surface area contributed by atoms with Gasteiger partial charge in [-0.05, 0) is 16.8 Å². The first-order chi connectivity index (χ1) is 8.25.